The predicted octanol–water partition coefficient (Wildman–Crippen LogP) is 1.58. The summed E-state index contributed by atoms with van der Waals surface area (Å²) in [5, 5.41) is 0. The van der Waals surface area contributed by atoms with Crippen LogP contribution in [0.15, 0.2) is 12.4 Å². The molecular weight excluding hydrogens is 304 g/mol. The second-order valence-corrected chi connectivity index (χ2v) is 7.17. The van der Waals surface area contributed by atoms with Crippen LogP contribution in [0.4, 0.5) is 0 Å². The number of imidazole rings is 1. The Balaban J connectivity index is 1.54. The van der Waals surface area contributed by atoms with Crippen molar-refractivity contribution in [2.24, 2.45) is 5.92 Å². The Hall–Kier alpha value is -1.40. The van der Waals surface area contributed by atoms with E-state index in [4.69, 9.17) is 4.74 Å². The third-order valence-electron chi connectivity index (χ3n) is 5.43. The van der Waals surface area contributed by atoms with Crippen LogP contribution >= 0.6 is 0 Å². The maximum Gasteiger partial charge on any atom is 0.226 e. The van der Waals surface area contributed by atoms with Gasteiger partial charge in [0.15, 0.2) is 0 Å². The second kappa shape index (κ2) is 8.12. The van der Waals surface area contributed by atoms with Gasteiger partial charge in [-0.05, 0) is 39.3 Å². The number of carbonyl (C=O) groups is 1. The van der Waals surface area contributed by atoms with Gasteiger partial charge in [-0.2, -0.15) is 0 Å². The molecule has 0 N–H and O–H groups in total. The van der Waals surface area contributed by atoms with Crippen LogP contribution in [-0.4, -0.2) is 72.2 Å². The highest BCUT2D eigenvalue weighted by molar-refractivity contribution is 5.79. The smallest absolute Gasteiger partial charge is 0.226 e. The molecule has 0 aliphatic carbocycles. The van der Waals surface area contributed by atoms with E-state index in [0.717, 1.165) is 64.2 Å². The first kappa shape index (κ1) is 17.4. The van der Waals surface area contributed by atoms with E-state index in [2.05, 4.69) is 26.4 Å². The van der Waals surface area contributed by atoms with Crippen molar-refractivity contribution in [1.82, 2.24) is 19.4 Å². The van der Waals surface area contributed by atoms with Gasteiger partial charge in [0, 0.05) is 51.6 Å². The lowest BCUT2D eigenvalue weighted by Gasteiger charge is -2.36. The zero-order valence-electron chi connectivity index (χ0n) is 15.0. The van der Waals surface area contributed by atoms with E-state index in [1.165, 1.54) is 0 Å². The summed E-state index contributed by atoms with van der Waals surface area (Å²) >= 11 is 0. The number of methoxy groups -OCH3 is 1. The van der Waals surface area contributed by atoms with Crippen molar-refractivity contribution in [3.05, 3.63) is 18.2 Å². The Bertz CT molecular complexity index is 537. The molecular formula is C18H30N4O2. The summed E-state index contributed by atoms with van der Waals surface area (Å²) in [4.78, 5) is 21.7. The van der Waals surface area contributed by atoms with E-state index in [1.807, 2.05) is 12.4 Å². The van der Waals surface area contributed by atoms with Crippen LogP contribution in [0.1, 0.15) is 37.4 Å². The Morgan fingerprint density at radius 3 is 2.79 bits per heavy atom. The average Bonchev–Trinajstić information content (AvgIpc) is 3.08. The summed E-state index contributed by atoms with van der Waals surface area (Å²) in [6.07, 6.45) is 8.12. The molecule has 6 heteroatoms. The SMILES string of the molecule is COCCn1ccnc1C1CCN(C(=O)C2CCCN(C)C2)CC1. The monoisotopic (exact) mass is 334 g/mol. The Labute approximate surface area is 144 Å². The van der Waals surface area contributed by atoms with Crippen LogP contribution in [0.25, 0.3) is 0 Å². The average molecular weight is 334 g/mol. The molecule has 1 atom stereocenters. The van der Waals surface area contributed by atoms with Gasteiger partial charge in [-0.25, -0.2) is 4.98 Å². The van der Waals surface area contributed by atoms with Gasteiger partial charge in [-0.15, -0.1) is 0 Å². The second-order valence-electron chi connectivity index (χ2n) is 7.17. The predicted molar refractivity (Wildman–Crippen MR) is 92.9 cm³/mol. The number of hydrogen-bond acceptors (Lipinski definition) is 4. The highest BCUT2D eigenvalue weighted by Crippen LogP contribution is 2.28. The van der Waals surface area contributed by atoms with Crippen molar-refractivity contribution in [2.45, 2.75) is 38.1 Å². The van der Waals surface area contributed by atoms with Gasteiger partial charge in [-0.3, -0.25) is 4.79 Å². The summed E-state index contributed by atoms with van der Waals surface area (Å²) in [5.74, 6) is 2.16. The molecule has 3 rings (SSSR count). The number of rotatable bonds is 5. The summed E-state index contributed by atoms with van der Waals surface area (Å²) in [7, 11) is 3.84. The van der Waals surface area contributed by atoms with Crippen molar-refractivity contribution in [2.75, 3.05) is 46.9 Å². The first-order chi connectivity index (χ1) is 11.7. The molecule has 0 aromatic carbocycles. The fourth-order valence-electron chi connectivity index (χ4n) is 4.04. The van der Waals surface area contributed by atoms with Crippen molar-refractivity contribution >= 4 is 5.91 Å². The number of hydrogen-bond donors (Lipinski definition) is 0. The molecule has 3 heterocycles. The van der Waals surface area contributed by atoms with Crippen LogP contribution in [0, 0.1) is 5.92 Å². The molecule has 2 aliphatic rings. The topological polar surface area (TPSA) is 50.6 Å². The van der Waals surface area contributed by atoms with Gasteiger partial charge in [0.25, 0.3) is 0 Å². The van der Waals surface area contributed by atoms with E-state index < -0.39 is 0 Å². The summed E-state index contributed by atoms with van der Waals surface area (Å²) in [6, 6.07) is 0. The number of carbonyl (C=O) groups excluding carboxylic acids is 1. The number of piperidine rings is 2. The van der Waals surface area contributed by atoms with E-state index in [-0.39, 0.29) is 5.92 Å². The van der Waals surface area contributed by atoms with Gasteiger partial charge >= 0.3 is 0 Å². The summed E-state index contributed by atoms with van der Waals surface area (Å²) in [5.41, 5.74) is 0. The molecule has 1 aromatic rings. The van der Waals surface area contributed by atoms with E-state index in [0.29, 0.717) is 18.4 Å². The minimum Gasteiger partial charge on any atom is -0.383 e. The number of amides is 1. The molecule has 0 spiro atoms. The van der Waals surface area contributed by atoms with Crippen LogP contribution in [0.3, 0.4) is 0 Å². The van der Waals surface area contributed by atoms with Gasteiger partial charge in [0.2, 0.25) is 5.91 Å². The minimum absolute atomic E-state index is 0.198. The molecule has 0 saturated carbocycles. The summed E-state index contributed by atoms with van der Waals surface area (Å²) < 4.78 is 7.37. The molecule has 1 amide bonds. The zero-order chi connectivity index (χ0) is 16.9. The fourth-order valence-corrected chi connectivity index (χ4v) is 4.04. The molecule has 0 bridgehead atoms. The van der Waals surface area contributed by atoms with Crippen molar-refractivity contribution in [3.63, 3.8) is 0 Å². The minimum atomic E-state index is 0.198. The van der Waals surface area contributed by atoms with E-state index in [1.54, 1.807) is 7.11 Å². The molecule has 2 saturated heterocycles. The Morgan fingerprint density at radius 2 is 2.08 bits per heavy atom. The molecule has 0 radical (unpaired) electrons. The molecule has 2 fully saturated rings. The molecule has 24 heavy (non-hydrogen) atoms. The van der Waals surface area contributed by atoms with Crippen LogP contribution in [0.2, 0.25) is 0 Å². The lowest BCUT2D eigenvalue weighted by molar-refractivity contribution is -0.138. The third-order valence-corrected chi connectivity index (χ3v) is 5.43. The molecule has 1 aromatic heterocycles. The molecule has 134 valence electrons. The third kappa shape index (κ3) is 3.98. The maximum absolute atomic E-state index is 12.8. The Kier molecular flexibility index (Phi) is 5.89. The normalized spacial score (nSPS) is 23.6. The van der Waals surface area contributed by atoms with Crippen LogP contribution < -0.4 is 0 Å². The fraction of sp³-hybridized carbons (Fsp3) is 0.778. The number of aromatic nitrogens is 2. The van der Waals surface area contributed by atoms with Gasteiger partial charge in [0.1, 0.15) is 5.82 Å². The molecule has 6 nitrogen and oxygen atoms in total. The molecule has 2 aliphatic heterocycles. The van der Waals surface area contributed by atoms with Crippen molar-refractivity contribution in [1.29, 1.82) is 0 Å². The molecule has 1 unspecified atom stereocenters. The number of likely N-dealkylation sites (tertiary alicyclic amines) is 2. The highest BCUT2D eigenvalue weighted by Gasteiger charge is 2.31. The number of nitrogens with zero attached hydrogens (tertiary/aromatic N) is 4. The van der Waals surface area contributed by atoms with Gasteiger partial charge in [-0.1, -0.05) is 0 Å². The quantitative estimate of drug-likeness (QED) is 0.820. The van der Waals surface area contributed by atoms with Crippen molar-refractivity contribution < 1.29 is 9.53 Å². The standard InChI is InChI=1S/C18H30N4O2/c1-20-8-3-4-16(14-20)18(23)22-9-5-15(6-10-22)17-19-7-11-21(17)12-13-24-2/h7,11,15-16H,3-6,8-10,12-14H2,1-2H3. The maximum atomic E-state index is 12.8. The van der Waals surface area contributed by atoms with Crippen LogP contribution in [-0.2, 0) is 16.1 Å². The lowest BCUT2D eigenvalue weighted by atomic mass is 9.92. The van der Waals surface area contributed by atoms with E-state index in [9.17, 15) is 4.79 Å². The first-order valence-electron chi connectivity index (χ1n) is 9.16. The lowest BCUT2D eigenvalue weighted by Crippen LogP contribution is -2.46. The van der Waals surface area contributed by atoms with E-state index >= 15 is 0 Å². The largest absolute Gasteiger partial charge is 0.383 e. The van der Waals surface area contributed by atoms with Gasteiger partial charge in [0.05, 0.1) is 12.5 Å². The van der Waals surface area contributed by atoms with Gasteiger partial charge < -0.3 is 19.1 Å². The zero-order valence-corrected chi connectivity index (χ0v) is 15.0. The highest BCUT2D eigenvalue weighted by atomic mass is 16.5. The van der Waals surface area contributed by atoms with Crippen molar-refractivity contribution in [3.8, 4) is 0 Å². The number of ether oxygens (including phenoxy) is 1. The Morgan fingerprint density at radius 1 is 1.29 bits per heavy atom. The summed E-state index contributed by atoms with van der Waals surface area (Å²) in [6.45, 7) is 5.31. The first-order valence-corrected chi connectivity index (χ1v) is 9.16. The van der Waals surface area contributed by atoms with Crippen LogP contribution in [0.5, 0.6) is 0 Å².